The molecule has 0 spiro atoms. The summed E-state index contributed by atoms with van der Waals surface area (Å²) in [6.45, 7) is 2.30. The van der Waals surface area contributed by atoms with E-state index >= 15 is 0 Å². The summed E-state index contributed by atoms with van der Waals surface area (Å²) in [5, 5.41) is 0. The molecule has 1 aliphatic heterocycles. The van der Waals surface area contributed by atoms with E-state index in [2.05, 4.69) is 62.6 Å². The number of quaternary nitrogens is 1. The molecule has 2 aromatic carbocycles. The van der Waals surface area contributed by atoms with Crippen molar-refractivity contribution in [3.8, 4) is 11.1 Å². The molecule has 0 atom stereocenters. The second-order valence-electron chi connectivity index (χ2n) is 7.40. The van der Waals surface area contributed by atoms with Gasteiger partial charge in [-0.1, -0.05) is 54.6 Å². The second kappa shape index (κ2) is 7.67. The van der Waals surface area contributed by atoms with Crippen LogP contribution in [0, 0.1) is 0 Å². The first-order valence-corrected chi connectivity index (χ1v) is 8.94. The number of rotatable bonds is 7. The molecule has 3 rings (SSSR count). The van der Waals surface area contributed by atoms with Crippen LogP contribution in [-0.4, -0.2) is 48.4 Å². The molecule has 1 aliphatic rings. The van der Waals surface area contributed by atoms with E-state index in [0.29, 0.717) is 6.54 Å². The fraction of sp³-hybridized carbons (Fsp3) is 0.273. The number of hydrogen-bond donors (Lipinski definition) is 0. The predicted octanol–water partition coefficient (Wildman–Crippen LogP) is 3.25. The zero-order valence-electron chi connectivity index (χ0n) is 15.4. The first-order chi connectivity index (χ1) is 12.4. The molecule has 0 unspecified atom stereocenters. The van der Waals surface area contributed by atoms with Crippen LogP contribution in [0.5, 0.6) is 0 Å². The third kappa shape index (κ3) is 4.46. The normalized spacial score (nSPS) is 14.3. The minimum Gasteiger partial charge on any atom is -0.325 e. The lowest BCUT2D eigenvalue weighted by Gasteiger charge is -2.30. The maximum absolute atomic E-state index is 11.6. The van der Waals surface area contributed by atoms with Crippen molar-refractivity contribution in [2.45, 2.75) is 13.0 Å². The lowest BCUT2D eigenvalue weighted by Crippen LogP contribution is -2.41. The SMILES string of the molecule is C[N+](C)(CCCN1C(=O)C=CC1=O)Cc1ccc(-c2ccccc2)cc1. The molecule has 4 nitrogen and oxygen atoms in total. The number of amides is 2. The third-order valence-corrected chi connectivity index (χ3v) is 4.72. The van der Waals surface area contributed by atoms with E-state index in [1.165, 1.54) is 33.7 Å². The quantitative estimate of drug-likeness (QED) is 0.568. The Labute approximate surface area is 154 Å². The third-order valence-electron chi connectivity index (χ3n) is 4.72. The minimum absolute atomic E-state index is 0.197. The van der Waals surface area contributed by atoms with E-state index in [1.807, 2.05) is 6.07 Å². The van der Waals surface area contributed by atoms with Gasteiger partial charge >= 0.3 is 0 Å². The molecule has 0 aliphatic carbocycles. The Kier molecular flexibility index (Phi) is 5.33. The summed E-state index contributed by atoms with van der Waals surface area (Å²) in [7, 11) is 4.36. The Bertz CT molecular complexity index is 790. The smallest absolute Gasteiger partial charge is 0.253 e. The minimum atomic E-state index is -0.197. The van der Waals surface area contributed by atoms with Crippen LogP contribution < -0.4 is 0 Å². The maximum Gasteiger partial charge on any atom is 0.253 e. The fourth-order valence-corrected chi connectivity index (χ4v) is 3.31. The van der Waals surface area contributed by atoms with E-state index in [-0.39, 0.29) is 11.8 Å². The van der Waals surface area contributed by atoms with Gasteiger partial charge in [0.15, 0.2) is 0 Å². The van der Waals surface area contributed by atoms with Crippen molar-refractivity contribution in [3.05, 3.63) is 72.3 Å². The van der Waals surface area contributed by atoms with Crippen LogP contribution in [0.25, 0.3) is 11.1 Å². The molecular weight excluding hydrogens is 324 g/mol. The van der Waals surface area contributed by atoms with Gasteiger partial charge in [0.1, 0.15) is 6.54 Å². The molecule has 2 aromatic rings. The van der Waals surface area contributed by atoms with Crippen LogP contribution >= 0.6 is 0 Å². The molecule has 1 heterocycles. The van der Waals surface area contributed by atoms with E-state index in [9.17, 15) is 9.59 Å². The van der Waals surface area contributed by atoms with E-state index < -0.39 is 0 Å². The summed E-state index contributed by atoms with van der Waals surface area (Å²) in [4.78, 5) is 24.5. The van der Waals surface area contributed by atoms with Crippen molar-refractivity contribution in [1.29, 1.82) is 0 Å². The van der Waals surface area contributed by atoms with Crippen LogP contribution in [0.2, 0.25) is 0 Å². The Morgan fingerprint density at radius 2 is 1.38 bits per heavy atom. The highest BCUT2D eigenvalue weighted by Crippen LogP contribution is 2.20. The Morgan fingerprint density at radius 3 is 2.00 bits per heavy atom. The molecular formula is C22H25N2O2+. The molecule has 4 heteroatoms. The van der Waals surface area contributed by atoms with Gasteiger partial charge in [-0.05, 0) is 11.1 Å². The van der Waals surface area contributed by atoms with Crippen molar-refractivity contribution in [1.82, 2.24) is 4.90 Å². The van der Waals surface area contributed by atoms with Crippen molar-refractivity contribution in [2.75, 3.05) is 27.2 Å². The van der Waals surface area contributed by atoms with Crippen LogP contribution in [0.4, 0.5) is 0 Å². The maximum atomic E-state index is 11.6. The van der Waals surface area contributed by atoms with Crippen molar-refractivity contribution < 1.29 is 14.1 Å². The van der Waals surface area contributed by atoms with Crippen molar-refractivity contribution >= 4 is 11.8 Å². The average Bonchev–Trinajstić information content (AvgIpc) is 2.95. The van der Waals surface area contributed by atoms with Crippen molar-refractivity contribution in [3.63, 3.8) is 0 Å². The molecule has 0 saturated heterocycles. The fourth-order valence-electron chi connectivity index (χ4n) is 3.31. The van der Waals surface area contributed by atoms with Gasteiger partial charge in [0.25, 0.3) is 11.8 Å². The second-order valence-corrected chi connectivity index (χ2v) is 7.40. The standard InChI is InChI=1S/C22H25N2O2/c1-24(2,16-6-15-23-21(25)13-14-22(23)26)17-18-9-11-20(12-10-18)19-7-4-3-5-8-19/h3-5,7-14H,6,15-17H2,1-2H3/q+1. The number of benzene rings is 2. The number of carbonyl (C=O) groups excluding carboxylic acids is 2. The van der Waals surface area contributed by atoms with Gasteiger partial charge in [-0.2, -0.15) is 0 Å². The number of hydrogen-bond acceptors (Lipinski definition) is 2. The molecule has 134 valence electrons. The molecule has 0 bridgehead atoms. The van der Waals surface area contributed by atoms with Gasteiger partial charge in [-0.3, -0.25) is 14.5 Å². The van der Waals surface area contributed by atoms with E-state index in [4.69, 9.17) is 0 Å². The average molecular weight is 349 g/mol. The summed E-state index contributed by atoms with van der Waals surface area (Å²) in [6, 6.07) is 19.0. The first kappa shape index (κ1) is 18.1. The lowest BCUT2D eigenvalue weighted by atomic mass is 10.0. The van der Waals surface area contributed by atoms with Crippen LogP contribution in [0.15, 0.2) is 66.7 Å². The van der Waals surface area contributed by atoms with Crippen LogP contribution in [0.3, 0.4) is 0 Å². The number of imide groups is 1. The highest BCUT2D eigenvalue weighted by Gasteiger charge is 2.24. The topological polar surface area (TPSA) is 37.4 Å². The first-order valence-electron chi connectivity index (χ1n) is 8.94. The Hall–Kier alpha value is -2.72. The predicted molar refractivity (Wildman–Crippen MR) is 103 cm³/mol. The Balaban J connectivity index is 1.54. The van der Waals surface area contributed by atoms with Crippen LogP contribution in [-0.2, 0) is 16.1 Å². The van der Waals surface area contributed by atoms with Gasteiger partial charge in [0.05, 0.1) is 20.6 Å². The molecule has 2 amide bonds. The van der Waals surface area contributed by atoms with Gasteiger partial charge in [0, 0.05) is 30.7 Å². The van der Waals surface area contributed by atoms with E-state index in [0.717, 1.165) is 24.0 Å². The summed E-state index contributed by atoms with van der Waals surface area (Å²) >= 11 is 0. The van der Waals surface area contributed by atoms with Gasteiger partial charge in [-0.25, -0.2) is 0 Å². The Morgan fingerprint density at radius 1 is 0.808 bits per heavy atom. The van der Waals surface area contributed by atoms with Gasteiger partial charge in [-0.15, -0.1) is 0 Å². The van der Waals surface area contributed by atoms with Gasteiger partial charge in [0.2, 0.25) is 0 Å². The summed E-state index contributed by atoms with van der Waals surface area (Å²) in [5.74, 6) is -0.395. The monoisotopic (exact) mass is 349 g/mol. The highest BCUT2D eigenvalue weighted by atomic mass is 16.2. The lowest BCUT2D eigenvalue weighted by molar-refractivity contribution is -0.903. The molecule has 26 heavy (non-hydrogen) atoms. The number of carbonyl (C=O) groups is 2. The molecule has 0 radical (unpaired) electrons. The van der Waals surface area contributed by atoms with Gasteiger partial charge < -0.3 is 4.48 Å². The molecule has 0 saturated carbocycles. The zero-order chi connectivity index (χ0) is 18.6. The highest BCUT2D eigenvalue weighted by molar-refractivity contribution is 6.12. The largest absolute Gasteiger partial charge is 0.325 e. The van der Waals surface area contributed by atoms with Crippen LogP contribution in [0.1, 0.15) is 12.0 Å². The number of nitrogens with zero attached hydrogens (tertiary/aromatic N) is 2. The van der Waals surface area contributed by atoms with Crippen molar-refractivity contribution in [2.24, 2.45) is 0 Å². The molecule has 0 aromatic heterocycles. The van der Waals surface area contributed by atoms with E-state index in [1.54, 1.807) is 0 Å². The summed E-state index contributed by atoms with van der Waals surface area (Å²) < 4.78 is 0.814. The summed E-state index contributed by atoms with van der Waals surface area (Å²) in [6.07, 6.45) is 3.49. The molecule has 0 fully saturated rings. The summed E-state index contributed by atoms with van der Waals surface area (Å²) in [5.41, 5.74) is 3.73. The molecule has 0 N–H and O–H groups in total. The zero-order valence-corrected chi connectivity index (χ0v) is 15.4.